The standard InChI is InChI=1S/C54H72O6/c1-36(2)17-16-18-37(3)45-27-28-46-44-26-25-42-33-43(29-31-53(42,5)47(44)30-32-54(45,46)6)59-52-50(57-35-40-21-12-8-13-22-40)49(56-34-39-19-10-7-11-20-39)48(38(4)58-52)60-51(55)41-23-14-9-15-24-41/h7-15,19-25,36-38,43-50,52H,16-18,26-35H2,1-6H3/t37-,38+,43?,44+,45-,46+,47+,48+,49-,50-,52-,53+,54-/m1/s1. The van der Waals surface area contributed by atoms with Crippen LogP contribution in [0.15, 0.2) is 103 Å². The van der Waals surface area contributed by atoms with Gasteiger partial charge >= 0.3 is 5.97 Å². The van der Waals surface area contributed by atoms with Crippen LogP contribution in [0.4, 0.5) is 0 Å². The van der Waals surface area contributed by atoms with Crippen molar-refractivity contribution in [2.45, 2.75) is 162 Å². The Balaban J connectivity index is 0.999. The van der Waals surface area contributed by atoms with Crippen molar-refractivity contribution >= 4 is 5.97 Å². The van der Waals surface area contributed by atoms with Crippen LogP contribution in [-0.4, -0.2) is 42.8 Å². The van der Waals surface area contributed by atoms with Crippen molar-refractivity contribution in [3.05, 3.63) is 119 Å². The van der Waals surface area contributed by atoms with Gasteiger partial charge in [-0.2, -0.15) is 0 Å². The molecule has 4 aliphatic carbocycles. The molecular weight excluding hydrogens is 745 g/mol. The van der Waals surface area contributed by atoms with E-state index in [1.165, 1.54) is 51.4 Å². The van der Waals surface area contributed by atoms with Crippen LogP contribution in [0.25, 0.3) is 0 Å². The molecule has 1 heterocycles. The van der Waals surface area contributed by atoms with E-state index in [0.29, 0.717) is 24.2 Å². The van der Waals surface area contributed by atoms with Gasteiger partial charge in [-0.05, 0) is 128 Å². The highest BCUT2D eigenvalue weighted by Gasteiger charge is 2.59. The number of esters is 1. The predicted octanol–water partition coefficient (Wildman–Crippen LogP) is 12.6. The van der Waals surface area contributed by atoms with E-state index in [1.807, 2.05) is 61.5 Å². The Morgan fingerprint density at radius 3 is 2.07 bits per heavy atom. The van der Waals surface area contributed by atoms with Gasteiger partial charge in [0.15, 0.2) is 12.4 Å². The summed E-state index contributed by atoms with van der Waals surface area (Å²) in [7, 11) is 0. The summed E-state index contributed by atoms with van der Waals surface area (Å²) in [6.07, 6.45) is 13.4. The van der Waals surface area contributed by atoms with E-state index >= 15 is 0 Å². The molecule has 324 valence electrons. The van der Waals surface area contributed by atoms with Crippen LogP contribution in [-0.2, 0) is 36.9 Å². The van der Waals surface area contributed by atoms with Crippen LogP contribution in [0.3, 0.4) is 0 Å². The minimum Gasteiger partial charge on any atom is -0.453 e. The molecule has 0 N–H and O–H groups in total. The molecule has 1 aliphatic heterocycles. The lowest BCUT2D eigenvalue weighted by Gasteiger charge is -2.58. The number of allylic oxidation sites excluding steroid dienone is 1. The molecule has 1 unspecified atom stereocenters. The smallest absolute Gasteiger partial charge is 0.338 e. The van der Waals surface area contributed by atoms with Gasteiger partial charge in [-0.3, -0.25) is 0 Å². The van der Waals surface area contributed by atoms with E-state index in [4.69, 9.17) is 23.7 Å². The molecule has 5 aliphatic rings. The lowest BCUT2D eigenvalue weighted by Crippen LogP contribution is -2.61. The molecule has 0 spiro atoms. The van der Waals surface area contributed by atoms with Crippen LogP contribution < -0.4 is 0 Å². The third kappa shape index (κ3) is 9.24. The quantitative estimate of drug-likeness (QED) is 0.112. The summed E-state index contributed by atoms with van der Waals surface area (Å²) in [5.74, 6) is 4.47. The molecule has 13 atom stereocenters. The number of rotatable bonds is 15. The summed E-state index contributed by atoms with van der Waals surface area (Å²) in [5, 5.41) is 0. The molecule has 6 heteroatoms. The van der Waals surface area contributed by atoms with Gasteiger partial charge in [0.05, 0.1) is 31.0 Å². The molecule has 0 amide bonds. The summed E-state index contributed by atoms with van der Waals surface area (Å²) in [4.78, 5) is 13.6. The highest BCUT2D eigenvalue weighted by Crippen LogP contribution is 2.67. The first kappa shape index (κ1) is 43.4. The number of carbonyl (C=O) groups excluding carboxylic acids is 1. The van der Waals surface area contributed by atoms with E-state index in [0.717, 1.165) is 65.9 Å². The Morgan fingerprint density at radius 1 is 0.750 bits per heavy atom. The van der Waals surface area contributed by atoms with Crippen LogP contribution >= 0.6 is 0 Å². The monoisotopic (exact) mass is 817 g/mol. The molecule has 0 aromatic heterocycles. The Bertz CT molecular complexity index is 1860. The van der Waals surface area contributed by atoms with Gasteiger partial charge < -0.3 is 23.7 Å². The molecule has 3 aromatic carbocycles. The van der Waals surface area contributed by atoms with Gasteiger partial charge in [0.25, 0.3) is 0 Å². The SMILES string of the molecule is CC(C)CCC[C@@H](C)[C@H]1CC[C@H]2[C@@H]3CC=C4CC(O[C@H]5O[C@@H](C)[C@H](OC(=O)c6ccccc6)[C@@H](OCc6ccccc6)[C@H]5OCc5ccccc5)CC[C@]4(C)[C@H]3CC[C@]12C. The van der Waals surface area contributed by atoms with Crippen LogP contribution in [0, 0.1) is 46.3 Å². The fraction of sp³-hybridized carbons (Fsp3) is 0.611. The average Bonchev–Trinajstić information content (AvgIpc) is 3.62. The minimum atomic E-state index is -0.718. The molecule has 0 radical (unpaired) electrons. The molecule has 0 bridgehead atoms. The van der Waals surface area contributed by atoms with E-state index in [-0.39, 0.29) is 11.5 Å². The van der Waals surface area contributed by atoms with Gasteiger partial charge in [-0.15, -0.1) is 0 Å². The number of fused-ring (bicyclic) bond motifs is 5. The Hall–Kier alpha value is -3.29. The first-order valence-electron chi connectivity index (χ1n) is 23.6. The fourth-order valence-corrected chi connectivity index (χ4v) is 12.9. The fourth-order valence-electron chi connectivity index (χ4n) is 12.9. The van der Waals surface area contributed by atoms with E-state index in [9.17, 15) is 4.79 Å². The van der Waals surface area contributed by atoms with Gasteiger partial charge in [-0.25, -0.2) is 4.79 Å². The maximum absolute atomic E-state index is 13.6. The predicted molar refractivity (Wildman–Crippen MR) is 238 cm³/mol. The molecular formula is C54H72O6. The second-order valence-electron chi connectivity index (χ2n) is 20.3. The first-order chi connectivity index (χ1) is 29.0. The summed E-state index contributed by atoms with van der Waals surface area (Å²) >= 11 is 0. The summed E-state index contributed by atoms with van der Waals surface area (Å²) in [6, 6.07) is 29.5. The number of carbonyl (C=O) groups is 1. The second-order valence-corrected chi connectivity index (χ2v) is 20.3. The summed E-state index contributed by atoms with van der Waals surface area (Å²) in [5.41, 5.74) is 4.86. The highest BCUT2D eigenvalue weighted by molar-refractivity contribution is 5.89. The van der Waals surface area contributed by atoms with Gasteiger partial charge in [0.1, 0.15) is 12.2 Å². The molecule has 4 fully saturated rings. The van der Waals surface area contributed by atoms with Crippen LogP contribution in [0.2, 0.25) is 0 Å². The number of benzene rings is 3. The average molecular weight is 817 g/mol. The normalized spacial score (nSPS) is 35.5. The largest absolute Gasteiger partial charge is 0.453 e. The van der Waals surface area contributed by atoms with Crippen molar-refractivity contribution in [1.29, 1.82) is 0 Å². The Morgan fingerprint density at radius 2 is 1.40 bits per heavy atom. The number of hydrogen-bond donors (Lipinski definition) is 0. The number of ether oxygens (including phenoxy) is 5. The highest BCUT2D eigenvalue weighted by atomic mass is 16.7. The zero-order valence-corrected chi connectivity index (χ0v) is 37.3. The molecule has 1 saturated heterocycles. The van der Waals surface area contributed by atoms with E-state index < -0.39 is 36.7 Å². The van der Waals surface area contributed by atoms with Crippen molar-refractivity contribution in [3.63, 3.8) is 0 Å². The zero-order valence-electron chi connectivity index (χ0n) is 37.3. The van der Waals surface area contributed by atoms with Crippen molar-refractivity contribution in [2.24, 2.45) is 46.3 Å². The van der Waals surface area contributed by atoms with Gasteiger partial charge in [0.2, 0.25) is 0 Å². The van der Waals surface area contributed by atoms with E-state index in [2.05, 4.69) is 65.0 Å². The third-order valence-electron chi connectivity index (χ3n) is 16.1. The zero-order chi connectivity index (χ0) is 41.9. The molecule has 3 saturated carbocycles. The maximum Gasteiger partial charge on any atom is 0.338 e. The maximum atomic E-state index is 13.6. The van der Waals surface area contributed by atoms with Gasteiger partial charge in [0, 0.05) is 0 Å². The topological polar surface area (TPSA) is 63.2 Å². The van der Waals surface area contributed by atoms with Crippen molar-refractivity contribution in [2.75, 3.05) is 0 Å². The molecule has 60 heavy (non-hydrogen) atoms. The lowest BCUT2D eigenvalue weighted by molar-refractivity contribution is -0.322. The van der Waals surface area contributed by atoms with Gasteiger partial charge in [-0.1, -0.05) is 144 Å². The van der Waals surface area contributed by atoms with Crippen LogP contribution in [0.5, 0.6) is 0 Å². The van der Waals surface area contributed by atoms with Crippen molar-refractivity contribution < 1.29 is 28.5 Å². The summed E-state index contributed by atoms with van der Waals surface area (Å²) < 4.78 is 33.8. The first-order valence-corrected chi connectivity index (χ1v) is 23.6. The lowest BCUT2D eigenvalue weighted by atomic mass is 9.47. The third-order valence-corrected chi connectivity index (χ3v) is 16.1. The molecule has 6 nitrogen and oxygen atoms in total. The second kappa shape index (κ2) is 19.0. The minimum absolute atomic E-state index is 0.00417. The molecule has 3 aromatic rings. The van der Waals surface area contributed by atoms with Crippen LogP contribution in [0.1, 0.15) is 134 Å². The molecule has 8 rings (SSSR count). The van der Waals surface area contributed by atoms with Crippen molar-refractivity contribution in [3.8, 4) is 0 Å². The van der Waals surface area contributed by atoms with E-state index in [1.54, 1.807) is 17.7 Å². The van der Waals surface area contributed by atoms with Crippen molar-refractivity contribution in [1.82, 2.24) is 0 Å². The Kier molecular flexibility index (Phi) is 13.7. The summed E-state index contributed by atoms with van der Waals surface area (Å²) in [6.45, 7) is 15.3. The Labute approximate surface area is 361 Å². The number of hydrogen-bond acceptors (Lipinski definition) is 6.